The molecule has 0 aliphatic heterocycles. The highest BCUT2D eigenvalue weighted by atomic mass is 19.3. The third-order valence-corrected chi connectivity index (χ3v) is 5.75. The fraction of sp³-hybridized carbons (Fsp3) is 0.483. The van der Waals surface area contributed by atoms with Gasteiger partial charge in [0.1, 0.15) is 16.9 Å². The summed E-state index contributed by atoms with van der Waals surface area (Å²) in [7, 11) is 1.18. The molecule has 0 N–H and O–H groups in total. The smallest absolute Gasteiger partial charge is 0.387 e. The fourth-order valence-electron chi connectivity index (χ4n) is 4.13. The molecule has 1 atom stereocenters. The standard InChI is InChI=1S/C29H36F2O5/c1-6-23-22(17-18-24(27(33)34-5)26(23)35-28(30)31)14-9-7-8-11-20-12-10-13-21(16-15-20)19-25(32)36-29(2,3)4/h6-9,17-20,28H,10-13,15-16H2,1-5H3/b8-7+,21-19-,23-6+. The second-order valence-electron chi connectivity index (χ2n) is 9.67. The van der Waals surface area contributed by atoms with Crippen molar-refractivity contribution in [3.05, 3.63) is 58.0 Å². The molecule has 1 saturated carbocycles. The molecule has 0 amide bonds. The lowest BCUT2D eigenvalue weighted by atomic mass is 9.96. The van der Waals surface area contributed by atoms with Gasteiger partial charge in [-0.2, -0.15) is 8.78 Å². The van der Waals surface area contributed by atoms with Gasteiger partial charge in [0.05, 0.1) is 7.11 Å². The van der Waals surface area contributed by atoms with Gasteiger partial charge < -0.3 is 14.2 Å². The van der Waals surface area contributed by atoms with E-state index in [1.165, 1.54) is 13.2 Å². The van der Waals surface area contributed by atoms with Gasteiger partial charge in [-0.25, -0.2) is 9.59 Å². The Bertz CT molecular complexity index is 1140. The first-order valence-corrected chi connectivity index (χ1v) is 12.2. The molecule has 5 nitrogen and oxygen atoms in total. The van der Waals surface area contributed by atoms with E-state index in [2.05, 4.69) is 21.3 Å². The number of carbonyl (C=O) groups excluding carboxylic acids is 2. The fourth-order valence-corrected chi connectivity index (χ4v) is 4.13. The van der Waals surface area contributed by atoms with Crippen molar-refractivity contribution in [2.24, 2.45) is 5.92 Å². The van der Waals surface area contributed by atoms with Crippen LogP contribution in [0.15, 0.2) is 42.0 Å². The summed E-state index contributed by atoms with van der Waals surface area (Å²) in [4.78, 5) is 24.0. The Hall–Kier alpha value is -3.18. The van der Waals surface area contributed by atoms with Gasteiger partial charge in [-0.1, -0.05) is 23.8 Å². The zero-order valence-electron chi connectivity index (χ0n) is 21.7. The van der Waals surface area contributed by atoms with E-state index < -0.39 is 18.2 Å². The van der Waals surface area contributed by atoms with E-state index in [1.807, 2.05) is 26.8 Å². The summed E-state index contributed by atoms with van der Waals surface area (Å²) in [6, 6.07) is 3.01. The Kier molecular flexibility index (Phi) is 11.1. The van der Waals surface area contributed by atoms with Crippen molar-refractivity contribution < 1.29 is 32.6 Å². The second kappa shape index (κ2) is 13.8. The van der Waals surface area contributed by atoms with Crippen LogP contribution in [-0.4, -0.2) is 31.3 Å². The number of carbonyl (C=O) groups is 2. The number of halogens is 2. The minimum atomic E-state index is -3.08. The molecule has 0 heterocycles. The number of ether oxygens (including phenoxy) is 3. The number of esters is 2. The third kappa shape index (κ3) is 9.46. The number of benzene rings is 1. The Balaban J connectivity index is 2.11. The number of alkyl halides is 2. The zero-order valence-corrected chi connectivity index (χ0v) is 21.7. The summed E-state index contributed by atoms with van der Waals surface area (Å²) < 4.78 is 40.7. The van der Waals surface area contributed by atoms with E-state index in [0.29, 0.717) is 16.4 Å². The van der Waals surface area contributed by atoms with E-state index in [1.54, 1.807) is 31.2 Å². The molecule has 0 spiro atoms. The van der Waals surface area contributed by atoms with Crippen LogP contribution < -0.4 is 15.2 Å². The van der Waals surface area contributed by atoms with E-state index in [4.69, 9.17) is 4.74 Å². The van der Waals surface area contributed by atoms with Crippen LogP contribution in [0.3, 0.4) is 0 Å². The Morgan fingerprint density at radius 3 is 2.58 bits per heavy atom. The number of rotatable bonds is 7. The first-order valence-electron chi connectivity index (χ1n) is 12.2. The van der Waals surface area contributed by atoms with Gasteiger partial charge in [-0.15, -0.1) is 5.73 Å². The SMILES string of the molecule is C/C=c1/c(OC(F)F)c(C(=O)OC)ccc1=C=C/C=C/CC1CCC/C(=C/C(=O)OC(C)(C)C)CC1. The van der Waals surface area contributed by atoms with Crippen molar-refractivity contribution in [1.29, 1.82) is 0 Å². The van der Waals surface area contributed by atoms with Crippen LogP contribution in [0.1, 0.15) is 76.6 Å². The van der Waals surface area contributed by atoms with E-state index in [0.717, 1.165) is 44.1 Å². The van der Waals surface area contributed by atoms with E-state index in [9.17, 15) is 18.4 Å². The molecule has 2 rings (SSSR count). The summed E-state index contributed by atoms with van der Waals surface area (Å²) in [6.07, 6.45) is 14.7. The lowest BCUT2D eigenvalue weighted by Gasteiger charge is -2.18. The van der Waals surface area contributed by atoms with Crippen molar-refractivity contribution in [3.63, 3.8) is 0 Å². The largest absolute Gasteiger partial charge is 0.465 e. The highest BCUT2D eigenvalue weighted by Crippen LogP contribution is 2.29. The van der Waals surface area contributed by atoms with Gasteiger partial charge in [-0.3, -0.25) is 0 Å². The molecular weight excluding hydrogens is 466 g/mol. The maximum absolute atomic E-state index is 13.0. The van der Waals surface area contributed by atoms with Crippen molar-refractivity contribution in [1.82, 2.24) is 0 Å². The lowest BCUT2D eigenvalue weighted by Crippen LogP contribution is -2.29. The Morgan fingerprint density at radius 2 is 1.94 bits per heavy atom. The normalized spacial score (nSPS) is 18.2. The average Bonchev–Trinajstić information content (AvgIpc) is 3.01. The monoisotopic (exact) mass is 502 g/mol. The Morgan fingerprint density at radius 1 is 1.19 bits per heavy atom. The van der Waals surface area contributed by atoms with Gasteiger partial charge in [0, 0.05) is 16.5 Å². The predicted octanol–water partition coefficient (Wildman–Crippen LogP) is 5.61. The molecule has 1 aromatic rings. The molecule has 1 aliphatic rings. The first kappa shape index (κ1) is 29.1. The van der Waals surface area contributed by atoms with Gasteiger partial charge in [0.25, 0.3) is 0 Å². The average molecular weight is 503 g/mol. The third-order valence-electron chi connectivity index (χ3n) is 5.75. The van der Waals surface area contributed by atoms with Crippen LogP contribution in [0.5, 0.6) is 5.75 Å². The summed E-state index contributed by atoms with van der Waals surface area (Å²) in [5, 5.41) is 0.868. The lowest BCUT2D eigenvalue weighted by molar-refractivity contribution is -0.148. The maximum Gasteiger partial charge on any atom is 0.387 e. The topological polar surface area (TPSA) is 61.8 Å². The zero-order chi connectivity index (χ0) is 26.7. The van der Waals surface area contributed by atoms with Crippen LogP contribution in [0.2, 0.25) is 0 Å². The van der Waals surface area contributed by atoms with Crippen LogP contribution in [0.25, 0.3) is 11.8 Å². The van der Waals surface area contributed by atoms with Crippen LogP contribution in [0.4, 0.5) is 8.78 Å². The molecule has 7 heteroatoms. The molecule has 1 aromatic carbocycles. The quantitative estimate of drug-likeness (QED) is 0.210. The van der Waals surface area contributed by atoms with Gasteiger partial charge >= 0.3 is 18.6 Å². The van der Waals surface area contributed by atoms with Gasteiger partial charge in [0.2, 0.25) is 0 Å². The minimum absolute atomic E-state index is 0.0690. The molecule has 0 radical (unpaired) electrons. The molecule has 1 unspecified atom stereocenters. The second-order valence-corrected chi connectivity index (χ2v) is 9.67. The van der Waals surface area contributed by atoms with Crippen LogP contribution in [-0.2, 0) is 14.3 Å². The van der Waals surface area contributed by atoms with Crippen molar-refractivity contribution in [2.75, 3.05) is 7.11 Å². The molecule has 0 aromatic heterocycles. The summed E-state index contributed by atoms with van der Waals surface area (Å²) in [5.41, 5.74) is 3.66. The summed E-state index contributed by atoms with van der Waals surface area (Å²) >= 11 is 0. The number of hydrogen-bond acceptors (Lipinski definition) is 5. The first-order chi connectivity index (χ1) is 17.0. The molecule has 0 bridgehead atoms. The molecule has 1 aliphatic carbocycles. The van der Waals surface area contributed by atoms with E-state index in [-0.39, 0.29) is 17.3 Å². The molecule has 36 heavy (non-hydrogen) atoms. The minimum Gasteiger partial charge on any atom is -0.465 e. The number of methoxy groups -OCH3 is 1. The summed E-state index contributed by atoms with van der Waals surface area (Å²) in [5.74, 6) is -0.738. The maximum atomic E-state index is 13.0. The molecule has 1 fully saturated rings. The number of hydrogen-bond donors (Lipinski definition) is 0. The van der Waals surface area contributed by atoms with E-state index >= 15 is 0 Å². The summed E-state index contributed by atoms with van der Waals surface area (Å²) in [6.45, 7) is 4.18. The van der Waals surface area contributed by atoms with Gasteiger partial charge in [0.15, 0.2) is 0 Å². The Labute approximate surface area is 211 Å². The molecule has 196 valence electrons. The van der Waals surface area contributed by atoms with Crippen molar-refractivity contribution in [2.45, 2.75) is 78.4 Å². The van der Waals surface area contributed by atoms with Crippen LogP contribution >= 0.6 is 0 Å². The predicted molar refractivity (Wildman–Crippen MR) is 136 cm³/mol. The van der Waals surface area contributed by atoms with Crippen molar-refractivity contribution in [3.8, 4) is 5.75 Å². The van der Waals surface area contributed by atoms with Crippen molar-refractivity contribution >= 4 is 23.7 Å². The molecule has 0 saturated heterocycles. The highest BCUT2D eigenvalue weighted by Gasteiger charge is 2.19. The molecular formula is C29H36F2O5. The highest BCUT2D eigenvalue weighted by molar-refractivity contribution is 5.92. The van der Waals surface area contributed by atoms with Crippen LogP contribution in [0, 0.1) is 5.92 Å². The number of allylic oxidation sites excluding steroid dienone is 4. The van der Waals surface area contributed by atoms with Gasteiger partial charge in [-0.05, 0) is 90.3 Å².